The number of nitrogens with one attached hydrogen (secondary N) is 1. The topological polar surface area (TPSA) is 12.0 Å². The fraction of sp³-hybridized carbons (Fsp3) is 0.429. The van der Waals surface area contributed by atoms with Gasteiger partial charge in [-0.15, -0.1) is 22.9 Å². The molecule has 17 heavy (non-hydrogen) atoms. The maximum absolute atomic E-state index is 6.08. The SMILES string of the molecule is CCC(Cl)CCNCc1csc2ccccc12. The molecule has 1 aromatic carbocycles. The Hall–Kier alpha value is -0.570. The third kappa shape index (κ3) is 3.44. The number of alkyl halides is 1. The molecule has 3 heteroatoms. The van der Waals surface area contributed by atoms with Crippen molar-refractivity contribution in [1.82, 2.24) is 5.32 Å². The van der Waals surface area contributed by atoms with Gasteiger partial charge < -0.3 is 5.32 Å². The van der Waals surface area contributed by atoms with Crippen LogP contribution in [-0.4, -0.2) is 11.9 Å². The first-order valence-corrected chi connectivity index (χ1v) is 7.42. The summed E-state index contributed by atoms with van der Waals surface area (Å²) in [6, 6.07) is 8.56. The van der Waals surface area contributed by atoms with Gasteiger partial charge in [0.2, 0.25) is 0 Å². The average Bonchev–Trinajstić information content (AvgIpc) is 2.78. The zero-order chi connectivity index (χ0) is 12.1. The average molecular weight is 268 g/mol. The van der Waals surface area contributed by atoms with Crippen molar-refractivity contribution in [3.63, 3.8) is 0 Å². The maximum Gasteiger partial charge on any atom is 0.0346 e. The minimum absolute atomic E-state index is 0.307. The van der Waals surface area contributed by atoms with E-state index in [0.29, 0.717) is 5.38 Å². The Balaban J connectivity index is 1.87. The summed E-state index contributed by atoms with van der Waals surface area (Å²) in [6.07, 6.45) is 2.09. The molecule has 0 aliphatic heterocycles. The molecule has 0 aliphatic rings. The van der Waals surface area contributed by atoms with Crippen molar-refractivity contribution in [2.24, 2.45) is 0 Å². The maximum atomic E-state index is 6.08. The van der Waals surface area contributed by atoms with Crippen molar-refractivity contribution in [3.8, 4) is 0 Å². The number of benzene rings is 1. The Kier molecular flexibility index (Phi) is 4.84. The quantitative estimate of drug-likeness (QED) is 0.604. The van der Waals surface area contributed by atoms with Gasteiger partial charge >= 0.3 is 0 Å². The van der Waals surface area contributed by atoms with E-state index in [2.05, 4.69) is 41.9 Å². The first-order valence-electron chi connectivity index (χ1n) is 6.11. The van der Waals surface area contributed by atoms with Gasteiger partial charge in [-0.2, -0.15) is 0 Å². The molecule has 2 aromatic rings. The Labute approximate surface area is 112 Å². The van der Waals surface area contributed by atoms with Crippen LogP contribution in [0.4, 0.5) is 0 Å². The monoisotopic (exact) mass is 267 g/mol. The lowest BCUT2D eigenvalue weighted by molar-refractivity contribution is 0.624. The van der Waals surface area contributed by atoms with E-state index in [4.69, 9.17) is 11.6 Å². The number of rotatable bonds is 6. The van der Waals surface area contributed by atoms with Gasteiger partial charge in [-0.25, -0.2) is 0 Å². The first kappa shape index (κ1) is 12.9. The highest BCUT2D eigenvalue weighted by molar-refractivity contribution is 7.17. The molecule has 0 saturated carbocycles. The predicted molar refractivity (Wildman–Crippen MR) is 78.1 cm³/mol. The number of fused-ring (bicyclic) bond motifs is 1. The van der Waals surface area contributed by atoms with Gasteiger partial charge in [0, 0.05) is 16.6 Å². The summed E-state index contributed by atoms with van der Waals surface area (Å²) in [5, 5.41) is 7.40. The Morgan fingerprint density at radius 3 is 3.00 bits per heavy atom. The van der Waals surface area contributed by atoms with E-state index in [9.17, 15) is 0 Å². The summed E-state index contributed by atoms with van der Waals surface area (Å²) >= 11 is 7.90. The lowest BCUT2D eigenvalue weighted by Gasteiger charge is -2.07. The molecule has 0 saturated heterocycles. The second-order valence-corrected chi connectivity index (χ2v) is 5.76. The zero-order valence-corrected chi connectivity index (χ0v) is 11.7. The lowest BCUT2D eigenvalue weighted by atomic mass is 10.2. The van der Waals surface area contributed by atoms with Gasteiger partial charge in [-0.3, -0.25) is 0 Å². The van der Waals surface area contributed by atoms with Gasteiger partial charge in [0.25, 0.3) is 0 Å². The highest BCUT2D eigenvalue weighted by Crippen LogP contribution is 2.25. The summed E-state index contributed by atoms with van der Waals surface area (Å²) in [7, 11) is 0. The molecule has 1 atom stereocenters. The van der Waals surface area contributed by atoms with Crippen LogP contribution in [0.3, 0.4) is 0 Å². The molecule has 0 amide bonds. The minimum atomic E-state index is 0.307. The third-order valence-corrected chi connectivity index (χ3v) is 4.49. The van der Waals surface area contributed by atoms with Crippen molar-refractivity contribution in [3.05, 3.63) is 35.2 Å². The molecule has 1 nitrogen and oxygen atoms in total. The van der Waals surface area contributed by atoms with Crippen molar-refractivity contribution < 1.29 is 0 Å². The van der Waals surface area contributed by atoms with Gasteiger partial charge in [-0.1, -0.05) is 25.1 Å². The number of hydrogen-bond acceptors (Lipinski definition) is 2. The molecule has 0 fully saturated rings. The van der Waals surface area contributed by atoms with Gasteiger partial charge in [0.1, 0.15) is 0 Å². The molecular weight excluding hydrogens is 250 g/mol. The number of hydrogen-bond donors (Lipinski definition) is 1. The summed E-state index contributed by atoms with van der Waals surface area (Å²) in [6.45, 7) is 4.06. The molecular formula is C14H18ClNS. The largest absolute Gasteiger partial charge is 0.313 e. The molecule has 0 spiro atoms. The van der Waals surface area contributed by atoms with E-state index in [1.54, 1.807) is 0 Å². The van der Waals surface area contributed by atoms with Crippen LogP contribution in [-0.2, 0) is 6.54 Å². The lowest BCUT2D eigenvalue weighted by Crippen LogP contribution is -2.17. The van der Waals surface area contributed by atoms with Crippen LogP contribution >= 0.6 is 22.9 Å². The smallest absolute Gasteiger partial charge is 0.0346 e. The normalized spacial score (nSPS) is 13.1. The number of halogens is 1. The first-order chi connectivity index (χ1) is 8.31. The third-order valence-electron chi connectivity index (χ3n) is 2.95. The van der Waals surface area contributed by atoms with Crippen LogP contribution in [0, 0.1) is 0 Å². The summed E-state index contributed by atoms with van der Waals surface area (Å²) in [5.41, 5.74) is 1.40. The van der Waals surface area contributed by atoms with E-state index >= 15 is 0 Å². The molecule has 2 rings (SSSR count). The van der Waals surface area contributed by atoms with E-state index in [1.165, 1.54) is 15.6 Å². The standard InChI is InChI=1S/C14H18ClNS/c1-2-12(15)7-8-16-9-11-10-17-14-6-4-3-5-13(11)14/h3-6,10,12,16H,2,7-9H2,1H3. The molecule has 0 radical (unpaired) electrons. The van der Waals surface area contributed by atoms with Gasteiger partial charge in [0.15, 0.2) is 0 Å². The Morgan fingerprint density at radius 1 is 1.35 bits per heavy atom. The highest BCUT2D eigenvalue weighted by Gasteiger charge is 2.03. The minimum Gasteiger partial charge on any atom is -0.313 e. The van der Waals surface area contributed by atoms with Crippen LogP contribution in [0.1, 0.15) is 25.3 Å². The molecule has 1 heterocycles. The molecule has 0 bridgehead atoms. The van der Waals surface area contributed by atoms with Gasteiger partial charge in [0.05, 0.1) is 0 Å². The van der Waals surface area contributed by atoms with E-state index in [0.717, 1.165) is 25.9 Å². The van der Waals surface area contributed by atoms with Crippen molar-refractivity contribution in [2.45, 2.75) is 31.7 Å². The summed E-state index contributed by atoms with van der Waals surface area (Å²) in [5.74, 6) is 0. The van der Waals surface area contributed by atoms with Crippen molar-refractivity contribution in [2.75, 3.05) is 6.54 Å². The fourth-order valence-corrected chi connectivity index (χ4v) is 2.93. The number of thiophene rings is 1. The summed E-state index contributed by atoms with van der Waals surface area (Å²) in [4.78, 5) is 0. The van der Waals surface area contributed by atoms with Crippen LogP contribution in [0.2, 0.25) is 0 Å². The predicted octanol–water partition coefficient (Wildman–Crippen LogP) is 4.40. The van der Waals surface area contributed by atoms with E-state index in [-0.39, 0.29) is 0 Å². The van der Waals surface area contributed by atoms with Crippen LogP contribution in [0.5, 0.6) is 0 Å². The van der Waals surface area contributed by atoms with E-state index < -0.39 is 0 Å². The highest BCUT2D eigenvalue weighted by atomic mass is 35.5. The Morgan fingerprint density at radius 2 is 2.18 bits per heavy atom. The molecule has 0 aliphatic carbocycles. The molecule has 1 unspecified atom stereocenters. The van der Waals surface area contributed by atoms with Crippen LogP contribution in [0.15, 0.2) is 29.6 Å². The second-order valence-electron chi connectivity index (χ2n) is 4.23. The van der Waals surface area contributed by atoms with Crippen molar-refractivity contribution >= 4 is 33.0 Å². The van der Waals surface area contributed by atoms with Crippen molar-refractivity contribution in [1.29, 1.82) is 0 Å². The van der Waals surface area contributed by atoms with Crippen LogP contribution in [0.25, 0.3) is 10.1 Å². The summed E-state index contributed by atoms with van der Waals surface area (Å²) < 4.78 is 1.37. The van der Waals surface area contributed by atoms with Gasteiger partial charge in [-0.05, 0) is 41.8 Å². The molecule has 1 aromatic heterocycles. The molecule has 92 valence electrons. The zero-order valence-electron chi connectivity index (χ0n) is 10.1. The molecule has 1 N–H and O–H groups in total. The second kappa shape index (κ2) is 6.39. The van der Waals surface area contributed by atoms with Crippen LogP contribution < -0.4 is 5.32 Å². The van der Waals surface area contributed by atoms with E-state index in [1.807, 2.05) is 11.3 Å². The fourth-order valence-electron chi connectivity index (χ4n) is 1.86. The Bertz CT molecular complexity index is 466.